The molecule has 0 aliphatic carbocycles. The number of aliphatic carboxylic acids is 1. The third kappa shape index (κ3) is 5.26. The van der Waals surface area contributed by atoms with Crippen LogP contribution in [0.15, 0.2) is 16.3 Å². The Kier molecular flexibility index (Phi) is 6.06. The van der Waals surface area contributed by atoms with E-state index in [2.05, 4.69) is 9.62 Å². The highest BCUT2D eigenvalue weighted by atomic mass is 32.2. The molecule has 0 bridgehead atoms. The maximum absolute atomic E-state index is 12.1. The fourth-order valence-corrected chi connectivity index (χ4v) is 5.37. The van der Waals surface area contributed by atoms with Crippen molar-refractivity contribution in [2.45, 2.75) is 10.6 Å². The van der Waals surface area contributed by atoms with Crippen LogP contribution in [0.1, 0.15) is 4.88 Å². The fraction of sp³-hybridized carbons (Fsp3) is 0.583. The molecule has 0 saturated carbocycles. The van der Waals surface area contributed by atoms with Gasteiger partial charge in [0.05, 0.1) is 6.42 Å². The predicted molar refractivity (Wildman–Crippen MR) is 84.6 cm³/mol. The van der Waals surface area contributed by atoms with E-state index in [1.54, 1.807) is 6.07 Å². The number of nitrogens with zero attached hydrogens (tertiary/aromatic N) is 1. The smallest absolute Gasteiger partial charge is 0.308 e. The zero-order valence-electron chi connectivity index (χ0n) is 11.4. The van der Waals surface area contributed by atoms with Crippen LogP contribution < -0.4 is 4.72 Å². The number of carbonyl (C=O) groups is 1. The van der Waals surface area contributed by atoms with Crippen molar-refractivity contribution in [3.8, 4) is 0 Å². The average molecular weight is 350 g/mol. The van der Waals surface area contributed by atoms with Gasteiger partial charge in [-0.3, -0.25) is 4.79 Å². The first kappa shape index (κ1) is 16.8. The zero-order valence-corrected chi connectivity index (χ0v) is 13.9. The van der Waals surface area contributed by atoms with Crippen LogP contribution in [-0.4, -0.2) is 62.1 Å². The average Bonchev–Trinajstić information content (AvgIpc) is 2.88. The summed E-state index contributed by atoms with van der Waals surface area (Å²) in [6.07, 6.45) is -0.147. The van der Waals surface area contributed by atoms with Gasteiger partial charge in [-0.1, -0.05) is 0 Å². The van der Waals surface area contributed by atoms with Gasteiger partial charge in [-0.15, -0.1) is 11.3 Å². The normalized spacial score (nSPS) is 17.0. The maximum Gasteiger partial charge on any atom is 0.308 e. The molecule has 2 heterocycles. The second kappa shape index (κ2) is 7.59. The summed E-state index contributed by atoms with van der Waals surface area (Å²) in [6.45, 7) is 3.06. The van der Waals surface area contributed by atoms with Gasteiger partial charge in [0.2, 0.25) is 10.0 Å². The Labute approximate surface area is 132 Å². The Balaban J connectivity index is 1.85. The van der Waals surface area contributed by atoms with Crippen LogP contribution in [-0.2, 0) is 21.2 Å². The van der Waals surface area contributed by atoms with E-state index in [-0.39, 0.29) is 10.6 Å². The lowest BCUT2D eigenvalue weighted by Gasteiger charge is -2.25. The maximum atomic E-state index is 12.1. The number of sulfonamides is 1. The van der Waals surface area contributed by atoms with Gasteiger partial charge in [0.25, 0.3) is 0 Å². The highest BCUT2D eigenvalue weighted by Crippen LogP contribution is 2.21. The topological polar surface area (TPSA) is 86.7 Å². The lowest BCUT2D eigenvalue weighted by Crippen LogP contribution is -2.39. The summed E-state index contributed by atoms with van der Waals surface area (Å²) in [4.78, 5) is 13.4. The van der Waals surface area contributed by atoms with Gasteiger partial charge in [-0.25, -0.2) is 13.1 Å². The number of hydrogen-bond donors (Lipinski definition) is 2. The van der Waals surface area contributed by atoms with Gasteiger partial charge in [0.15, 0.2) is 0 Å². The molecule has 0 unspecified atom stereocenters. The number of hydrogen-bond acceptors (Lipinski definition) is 6. The second-order valence-electron chi connectivity index (χ2n) is 4.64. The molecule has 0 amide bonds. The Morgan fingerprint density at radius 1 is 1.33 bits per heavy atom. The van der Waals surface area contributed by atoms with Crippen molar-refractivity contribution in [1.29, 1.82) is 0 Å². The molecular formula is C12H18N2O4S3. The first-order valence-electron chi connectivity index (χ1n) is 6.57. The summed E-state index contributed by atoms with van der Waals surface area (Å²) in [5.74, 6) is 1.23. The molecule has 0 radical (unpaired) electrons. The third-order valence-corrected chi connectivity index (χ3v) is 7.03. The van der Waals surface area contributed by atoms with E-state index in [1.165, 1.54) is 6.07 Å². The number of nitrogens with one attached hydrogen (secondary N) is 1. The SMILES string of the molecule is O=C(O)Cc1ccc(S(=O)(=O)NCCN2CCSCC2)s1. The minimum absolute atomic E-state index is 0.147. The Morgan fingerprint density at radius 2 is 2.05 bits per heavy atom. The van der Waals surface area contributed by atoms with Crippen molar-refractivity contribution in [1.82, 2.24) is 9.62 Å². The molecule has 0 atom stereocenters. The fourth-order valence-electron chi connectivity index (χ4n) is 1.98. The van der Waals surface area contributed by atoms with Crippen molar-refractivity contribution in [2.75, 3.05) is 37.7 Å². The Hall–Kier alpha value is -0.610. The van der Waals surface area contributed by atoms with E-state index in [0.717, 1.165) is 35.9 Å². The molecule has 1 aromatic rings. The summed E-state index contributed by atoms with van der Waals surface area (Å²) in [7, 11) is -3.53. The van der Waals surface area contributed by atoms with Crippen molar-refractivity contribution in [3.63, 3.8) is 0 Å². The number of carboxylic acid groups (broad SMARTS) is 1. The molecule has 2 rings (SSSR count). The molecular weight excluding hydrogens is 332 g/mol. The number of thioether (sulfide) groups is 1. The first-order chi connectivity index (χ1) is 9.97. The van der Waals surface area contributed by atoms with Crippen LogP contribution in [0.2, 0.25) is 0 Å². The molecule has 1 aliphatic heterocycles. The van der Waals surface area contributed by atoms with Crippen LogP contribution >= 0.6 is 23.1 Å². The van der Waals surface area contributed by atoms with Gasteiger partial charge in [0.1, 0.15) is 4.21 Å². The van der Waals surface area contributed by atoms with Crippen LogP contribution in [0.4, 0.5) is 0 Å². The molecule has 1 fully saturated rings. The van der Waals surface area contributed by atoms with Crippen LogP contribution in [0.3, 0.4) is 0 Å². The molecule has 6 nitrogen and oxygen atoms in total. The molecule has 21 heavy (non-hydrogen) atoms. The highest BCUT2D eigenvalue weighted by molar-refractivity contribution is 7.99. The van der Waals surface area contributed by atoms with Crippen molar-refractivity contribution in [2.24, 2.45) is 0 Å². The minimum atomic E-state index is -3.53. The van der Waals surface area contributed by atoms with Crippen LogP contribution in [0, 0.1) is 0 Å². The monoisotopic (exact) mass is 350 g/mol. The zero-order chi connectivity index (χ0) is 15.3. The lowest BCUT2D eigenvalue weighted by molar-refractivity contribution is -0.136. The number of thiophene rings is 1. The predicted octanol–water partition coefficient (Wildman–Crippen LogP) is 0.702. The summed E-state index contributed by atoms with van der Waals surface area (Å²) >= 11 is 2.92. The molecule has 1 saturated heterocycles. The number of carboxylic acids is 1. The molecule has 1 aromatic heterocycles. The third-order valence-electron chi connectivity index (χ3n) is 3.05. The van der Waals surface area contributed by atoms with E-state index in [0.29, 0.717) is 18.0 Å². The van der Waals surface area contributed by atoms with Crippen molar-refractivity contribution < 1.29 is 18.3 Å². The minimum Gasteiger partial charge on any atom is -0.481 e. The summed E-state index contributed by atoms with van der Waals surface area (Å²) in [5.41, 5.74) is 0. The van der Waals surface area contributed by atoms with Crippen molar-refractivity contribution >= 4 is 39.1 Å². The number of rotatable bonds is 7. The molecule has 0 aromatic carbocycles. The molecule has 1 aliphatic rings. The van der Waals surface area contributed by atoms with Crippen molar-refractivity contribution in [3.05, 3.63) is 17.0 Å². The standard InChI is InChI=1S/C12H18N2O4S3/c15-11(16)9-10-1-2-12(20-10)21(17,18)13-3-4-14-5-7-19-8-6-14/h1-2,13H,3-9H2,(H,15,16). The van der Waals surface area contributed by atoms with E-state index >= 15 is 0 Å². The van der Waals surface area contributed by atoms with Gasteiger partial charge in [-0.2, -0.15) is 11.8 Å². The lowest BCUT2D eigenvalue weighted by atomic mass is 10.3. The van der Waals surface area contributed by atoms with E-state index in [1.807, 2.05) is 11.8 Å². The van der Waals surface area contributed by atoms with Crippen LogP contribution in [0.25, 0.3) is 0 Å². The molecule has 9 heteroatoms. The summed E-state index contributed by atoms with van der Waals surface area (Å²) in [6, 6.07) is 3.01. The first-order valence-corrected chi connectivity index (χ1v) is 10.0. The van der Waals surface area contributed by atoms with E-state index in [9.17, 15) is 13.2 Å². The second-order valence-corrected chi connectivity index (χ2v) is 9.03. The van der Waals surface area contributed by atoms with Gasteiger partial charge >= 0.3 is 5.97 Å². The largest absolute Gasteiger partial charge is 0.481 e. The van der Waals surface area contributed by atoms with Gasteiger partial charge in [0, 0.05) is 42.6 Å². The van der Waals surface area contributed by atoms with Crippen LogP contribution in [0.5, 0.6) is 0 Å². The molecule has 2 N–H and O–H groups in total. The van der Waals surface area contributed by atoms with Gasteiger partial charge in [-0.05, 0) is 12.1 Å². The quantitative estimate of drug-likeness (QED) is 0.753. The summed E-state index contributed by atoms with van der Waals surface area (Å²) < 4.78 is 27.0. The van der Waals surface area contributed by atoms with E-state index < -0.39 is 16.0 Å². The highest BCUT2D eigenvalue weighted by Gasteiger charge is 2.18. The molecule has 118 valence electrons. The Morgan fingerprint density at radius 3 is 2.71 bits per heavy atom. The summed E-state index contributed by atoms with van der Waals surface area (Å²) in [5, 5.41) is 8.70. The van der Waals surface area contributed by atoms with E-state index in [4.69, 9.17) is 5.11 Å². The Bertz CT molecular complexity index is 579. The van der Waals surface area contributed by atoms with Gasteiger partial charge < -0.3 is 10.0 Å². The molecule has 0 spiro atoms.